The molecule has 0 bridgehead atoms. The van der Waals surface area contributed by atoms with E-state index in [2.05, 4.69) is 37.1 Å². The first kappa shape index (κ1) is 38.3. The molecule has 0 spiro atoms. The molecule has 9 heteroatoms. The maximum absolute atomic E-state index is 15.1. The van der Waals surface area contributed by atoms with Crippen LogP contribution < -0.4 is 0 Å². The first-order chi connectivity index (χ1) is 24.6. The molecule has 274 valence electrons. The number of hydrogen-bond donors (Lipinski definition) is 0. The quantitative estimate of drug-likeness (QED) is 0.209. The molecule has 2 aliphatic heterocycles. The molecule has 0 aromatic heterocycles. The molecule has 1 aliphatic carbocycles. The summed E-state index contributed by atoms with van der Waals surface area (Å²) in [7, 11) is 2.11. The molecule has 1 amide bonds. The molecular weight excluding hydrogens is 649 g/mol. The van der Waals surface area contributed by atoms with Crippen molar-refractivity contribution < 1.29 is 22.8 Å². The van der Waals surface area contributed by atoms with Gasteiger partial charge in [-0.3, -0.25) is 14.6 Å². The zero-order valence-electron chi connectivity index (χ0n) is 30.4. The number of nitrogens with zero attached hydrogens (tertiary/aromatic N) is 4. The SMILES string of the molecule is CCCCC(C(=O)N(Cc1ccc(C2=CCC(C(F)(F)F)C=C2)cc1)C1CCN(C)CC1)N1/N=C(/CC)C(=O)CC/C=C\1CCc1ccccc1. The number of amides is 1. The first-order valence-corrected chi connectivity index (χ1v) is 18.7. The lowest BCUT2D eigenvalue weighted by molar-refractivity contribution is -0.160. The summed E-state index contributed by atoms with van der Waals surface area (Å²) in [6.07, 6.45) is 9.41. The van der Waals surface area contributed by atoms with Gasteiger partial charge in [-0.05, 0) is 93.8 Å². The molecule has 6 nitrogen and oxygen atoms in total. The Labute approximate surface area is 301 Å². The second-order valence-corrected chi connectivity index (χ2v) is 14.1. The van der Waals surface area contributed by atoms with Gasteiger partial charge in [0.15, 0.2) is 5.78 Å². The minimum absolute atomic E-state index is 0.0241. The van der Waals surface area contributed by atoms with Gasteiger partial charge in [-0.1, -0.05) is 106 Å². The molecule has 3 aliphatic rings. The summed E-state index contributed by atoms with van der Waals surface area (Å²) in [5.74, 6) is -1.39. The first-order valence-electron chi connectivity index (χ1n) is 18.7. The number of rotatable bonds is 13. The van der Waals surface area contributed by atoms with Gasteiger partial charge in [-0.25, -0.2) is 0 Å². The summed E-state index contributed by atoms with van der Waals surface area (Å²) < 4.78 is 39.6. The van der Waals surface area contributed by atoms with E-state index in [0.717, 1.165) is 67.6 Å². The van der Waals surface area contributed by atoms with Gasteiger partial charge in [0, 0.05) is 24.7 Å². The van der Waals surface area contributed by atoms with Crippen molar-refractivity contribution in [3.8, 4) is 0 Å². The summed E-state index contributed by atoms with van der Waals surface area (Å²) in [6, 6.07) is 17.7. The van der Waals surface area contributed by atoms with Gasteiger partial charge in [0.2, 0.25) is 5.91 Å². The van der Waals surface area contributed by atoms with Crippen LogP contribution >= 0.6 is 0 Å². The predicted octanol–water partition coefficient (Wildman–Crippen LogP) is 9.14. The number of benzene rings is 2. The van der Waals surface area contributed by atoms with Crippen LogP contribution in [0.3, 0.4) is 0 Å². The van der Waals surface area contributed by atoms with Crippen molar-refractivity contribution in [1.29, 1.82) is 0 Å². The van der Waals surface area contributed by atoms with E-state index in [0.29, 0.717) is 44.4 Å². The molecule has 2 heterocycles. The van der Waals surface area contributed by atoms with Gasteiger partial charge in [0.25, 0.3) is 0 Å². The summed E-state index contributed by atoms with van der Waals surface area (Å²) >= 11 is 0. The zero-order chi connectivity index (χ0) is 36.4. The third-order valence-corrected chi connectivity index (χ3v) is 10.4. The Morgan fingerprint density at radius 1 is 0.980 bits per heavy atom. The second kappa shape index (κ2) is 18.0. The Kier molecular flexibility index (Phi) is 13.5. The fraction of sp³-hybridized carbons (Fsp3) is 0.500. The number of Topliss-reactive ketones (excluding diaryl/α,β-unsaturated/α-hetero) is 1. The number of unbranched alkanes of at least 4 members (excludes halogenated alkanes) is 1. The highest BCUT2D eigenvalue weighted by Gasteiger charge is 2.38. The molecule has 0 N–H and O–H groups in total. The van der Waals surface area contributed by atoms with Gasteiger partial charge in [-0.2, -0.15) is 18.3 Å². The predicted molar refractivity (Wildman–Crippen MR) is 199 cm³/mol. The van der Waals surface area contributed by atoms with Crippen LogP contribution in [0.15, 0.2) is 89.7 Å². The van der Waals surface area contributed by atoms with Gasteiger partial charge >= 0.3 is 6.18 Å². The van der Waals surface area contributed by atoms with Crippen LogP contribution in [0.4, 0.5) is 13.2 Å². The van der Waals surface area contributed by atoms with Crippen molar-refractivity contribution in [3.63, 3.8) is 0 Å². The van der Waals surface area contributed by atoms with Gasteiger partial charge < -0.3 is 9.80 Å². The van der Waals surface area contributed by atoms with Crippen molar-refractivity contribution in [2.24, 2.45) is 11.0 Å². The van der Waals surface area contributed by atoms with Crippen LogP contribution in [0, 0.1) is 5.92 Å². The highest BCUT2D eigenvalue weighted by Crippen LogP contribution is 2.35. The van der Waals surface area contributed by atoms with Crippen molar-refractivity contribution in [2.75, 3.05) is 20.1 Å². The van der Waals surface area contributed by atoms with Gasteiger partial charge in [0.1, 0.15) is 11.8 Å². The Morgan fingerprint density at radius 3 is 2.33 bits per heavy atom. The number of halogens is 3. The number of allylic oxidation sites excluding steroid dienone is 6. The van der Waals surface area contributed by atoms with Crippen LogP contribution in [0.1, 0.15) is 94.7 Å². The smallest absolute Gasteiger partial charge is 0.333 e. The fourth-order valence-electron chi connectivity index (χ4n) is 7.24. The minimum atomic E-state index is -4.24. The highest BCUT2D eigenvalue weighted by atomic mass is 19.4. The number of likely N-dealkylation sites (tertiary alicyclic amines) is 1. The van der Waals surface area contributed by atoms with E-state index in [9.17, 15) is 18.0 Å². The molecule has 5 rings (SSSR count). The standard InChI is InChI=1S/C42H53F3N4O2/c1-4-6-14-39(49-37(25-18-31-11-8-7-9-12-31)13-10-15-40(50)38(5-2)46-49)41(51)48(36-26-28-47(3)29-27-36)30-32-16-19-33(20-17-32)34-21-23-35(24-22-34)42(43,44)45/h7-9,11-13,16-17,19-23,35-36,39H,4-6,10,14-15,18,24-30H2,1-3H3/b37-13-,46-38-. The molecule has 1 fully saturated rings. The molecule has 2 aromatic rings. The summed E-state index contributed by atoms with van der Waals surface area (Å²) in [5, 5.41) is 6.94. The molecule has 1 saturated heterocycles. The Balaban J connectivity index is 1.45. The number of carbonyl (C=O) groups excluding carboxylic acids is 2. The lowest BCUT2D eigenvalue weighted by Gasteiger charge is -2.41. The lowest BCUT2D eigenvalue weighted by Crippen LogP contribution is -2.53. The minimum Gasteiger partial charge on any atom is -0.333 e. The largest absolute Gasteiger partial charge is 0.395 e. The van der Waals surface area contributed by atoms with Crippen molar-refractivity contribution in [1.82, 2.24) is 14.8 Å². The van der Waals surface area contributed by atoms with E-state index in [1.54, 1.807) is 12.2 Å². The molecule has 2 aromatic carbocycles. The third-order valence-electron chi connectivity index (χ3n) is 10.4. The number of aryl methyl sites for hydroxylation is 1. The van der Waals surface area contributed by atoms with Crippen molar-refractivity contribution >= 4 is 23.0 Å². The third kappa shape index (κ3) is 10.3. The Hall–Kier alpha value is -3.98. The summed E-state index contributed by atoms with van der Waals surface area (Å²) in [5.41, 5.74) is 5.31. The lowest BCUT2D eigenvalue weighted by atomic mass is 9.92. The zero-order valence-corrected chi connectivity index (χ0v) is 30.4. The molecule has 2 atom stereocenters. The van der Waals surface area contributed by atoms with E-state index in [1.807, 2.05) is 59.3 Å². The average Bonchev–Trinajstić information content (AvgIpc) is 3.13. The Morgan fingerprint density at radius 2 is 1.71 bits per heavy atom. The van der Waals surface area contributed by atoms with E-state index in [1.165, 1.54) is 11.6 Å². The second-order valence-electron chi connectivity index (χ2n) is 14.1. The fourth-order valence-corrected chi connectivity index (χ4v) is 7.24. The van der Waals surface area contributed by atoms with E-state index >= 15 is 4.79 Å². The number of alkyl halides is 3. The Bertz CT molecular complexity index is 1590. The van der Waals surface area contributed by atoms with Crippen molar-refractivity contribution in [3.05, 3.63) is 101 Å². The normalized spacial score (nSPS) is 21.9. The maximum Gasteiger partial charge on any atom is 0.395 e. The van der Waals surface area contributed by atoms with Gasteiger partial charge in [0.05, 0.1) is 5.92 Å². The number of carbonyl (C=O) groups is 2. The average molecular weight is 703 g/mol. The monoisotopic (exact) mass is 702 g/mol. The van der Waals surface area contributed by atoms with Crippen LogP contribution in [0.25, 0.3) is 5.57 Å². The number of hydrogen-bond acceptors (Lipinski definition) is 5. The topological polar surface area (TPSA) is 56.2 Å². The van der Waals surface area contributed by atoms with Crippen LogP contribution in [-0.2, 0) is 22.6 Å². The summed E-state index contributed by atoms with van der Waals surface area (Å²) in [6.45, 7) is 6.29. The number of piperidine rings is 1. The maximum atomic E-state index is 15.1. The van der Waals surface area contributed by atoms with E-state index in [4.69, 9.17) is 5.10 Å². The molecular formula is C42H53F3N4O2. The number of ketones is 1. The van der Waals surface area contributed by atoms with Crippen LogP contribution in [0.5, 0.6) is 0 Å². The van der Waals surface area contributed by atoms with E-state index < -0.39 is 18.1 Å². The van der Waals surface area contributed by atoms with Crippen LogP contribution in [0.2, 0.25) is 0 Å². The molecule has 2 unspecified atom stereocenters. The molecule has 51 heavy (non-hydrogen) atoms. The molecule has 0 radical (unpaired) electrons. The molecule has 0 saturated carbocycles. The highest BCUT2D eigenvalue weighted by molar-refractivity contribution is 6.39. The van der Waals surface area contributed by atoms with Gasteiger partial charge in [-0.15, -0.1) is 0 Å². The summed E-state index contributed by atoms with van der Waals surface area (Å²) in [4.78, 5) is 32.6. The van der Waals surface area contributed by atoms with Crippen molar-refractivity contribution in [2.45, 2.75) is 109 Å². The number of hydrazone groups is 1. The van der Waals surface area contributed by atoms with E-state index in [-0.39, 0.29) is 24.2 Å². The van der Waals surface area contributed by atoms with Crippen LogP contribution in [-0.4, -0.2) is 70.6 Å².